The fourth-order valence-corrected chi connectivity index (χ4v) is 2.43. The maximum Gasteiger partial charge on any atom is 0.342 e. The number of aromatic carboxylic acids is 1. The molecule has 8 nitrogen and oxygen atoms in total. The molecule has 1 aromatic carbocycles. The van der Waals surface area contributed by atoms with Crippen molar-refractivity contribution in [2.24, 2.45) is 11.1 Å². The number of amides is 1. The predicted molar refractivity (Wildman–Crippen MR) is 74.2 cm³/mol. The number of carboxylic acid groups (broad SMARTS) is 1. The average Bonchev–Trinajstić information content (AvgIpc) is 2.82. The summed E-state index contributed by atoms with van der Waals surface area (Å²) >= 11 is 0. The van der Waals surface area contributed by atoms with Gasteiger partial charge in [0.05, 0.1) is 10.3 Å². The highest BCUT2D eigenvalue weighted by Crippen LogP contribution is 2.34. The van der Waals surface area contributed by atoms with Crippen LogP contribution in [0.25, 0.3) is 0 Å². The van der Waals surface area contributed by atoms with Gasteiger partial charge in [-0.3, -0.25) is 14.9 Å². The molecule has 112 valence electrons. The Kier molecular flexibility index (Phi) is 3.54. The highest BCUT2D eigenvalue weighted by molar-refractivity contribution is 5.93. The summed E-state index contributed by atoms with van der Waals surface area (Å²) in [4.78, 5) is 34.5. The van der Waals surface area contributed by atoms with Crippen LogP contribution in [0.15, 0.2) is 18.2 Å². The molecular formula is C13H15N3O5. The number of primary amides is 1. The Morgan fingerprint density at radius 3 is 2.62 bits per heavy atom. The maximum atomic E-state index is 11.4. The molecule has 0 bridgehead atoms. The third kappa shape index (κ3) is 2.64. The second-order valence-electron chi connectivity index (χ2n) is 5.36. The van der Waals surface area contributed by atoms with E-state index >= 15 is 0 Å². The molecule has 1 aliphatic heterocycles. The van der Waals surface area contributed by atoms with Gasteiger partial charge in [0.15, 0.2) is 0 Å². The number of benzene rings is 1. The van der Waals surface area contributed by atoms with E-state index in [1.165, 1.54) is 18.2 Å². The van der Waals surface area contributed by atoms with E-state index in [2.05, 4.69) is 0 Å². The van der Waals surface area contributed by atoms with Gasteiger partial charge in [0.2, 0.25) is 5.91 Å². The molecule has 1 aliphatic rings. The molecular weight excluding hydrogens is 278 g/mol. The van der Waals surface area contributed by atoms with Crippen molar-refractivity contribution in [1.29, 1.82) is 0 Å². The number of nitrogens with two attached hydrogens (primary N) is 1. The fraction of sp³-hybridized carbons (Fsp3) is 0.385. The molecule has 1 heterocycles. The molecule has 2 rings (SSSR count). The van der Waals surface area contributed by atoms with Gasteiger partial charge in [-0.25, -0.2) is 4.79 Å². The van der Waals surface area contributed by atoms with Crippen LogP contribution in [-0.2, 0) is 4.79 Å². The molecule has 1 atom stereocenters. The van der Waals surface area contributed by atoms with Crippen LogP contribution in [0.5, 0.6) is 0 Å². The number of carboxylic acids is 1. The Morgan fingerprint density at radius 2 is 2.14 bits per heavy atom. The van der Waals surface area contributed by atoms with Crippen LogP contribution in [0.4, 0.5) is 11.4 Å². The van der Waals surface area contributed by atoms with E-state index in [0.29, 0.717) is 25.2 Å². The Hall–Kier alpha value is -2.64. The fourth-order valence-electron chi connectivity index (χ4n) is 2.43. The topological polar surface area (TPSA) is 127 Å². The molecule has 1 amide bonds. The van der Waals surface area contributed by atoms with Crippen molar-refractivity contribution in [3.05, 3.63) is 33.9 Å². The lowest BCUT2D eigenvalue weighted by atomic mass is 9.89. The summed E-state index contributed by atoms with van der Waals surface area (Å²) in [7, 11) is 0. The Morgan fingerprint density at radius 1 is 1.48 bits per heavy atom. The molecule has 0 saturated carbocycles. The monoisotopic (exact) mass is 293 g/mol. The first-order valence-electron chi connectivity index (χ1n) is 6.31. The number of carbonyl (C=O) groups is 2. The van der Waals surface area contributed by atoms with Gasteiger partial charge in [-0.05, 0) is 25.5 Å². The first-order chi connectivity index (χ1) is 9.74. The van der Waals surface area contributed by atoms with Crippen LogP contribution in [-0.4, -0.2) is 35.0 Å². The third-order valence-electron chi connectivity index (χ3n) is 3.84. The van der Waals surface area contributed by atoms with Gasteiger partial charge in [-0.1, -0.05) is 0 Å². The second kappa shape index (κ2) is 5.04. The van der Waals surface area contributed by atoms with E-state index in [1.807, 2.05) is 0 Å². The molecule has 1 aromatic rings. The van der Waals surface area contributed by atoms with E-state index in [9.17, 15) is 19.7 Å². The van der Waals surface area contributed by atoms with Crippen molar-refractivity contribution < 1.29 is 19.6 Å². The van der Waals surface area contributed by atoms with Crippen molar-refractivity contribution in [3.63, 3.8) is 0 Å². The van der Waals surface area contributed by atoms with E-state index < -0.39 is 27.9 Å². The van der Waals surface area contributed by atoms with E-state index in [1.54, 1.807) is 11.8 Å². The van der Waals surface area contributed by atoms with E-state index in [0.717, 1.165) is 0 Å². The lowest BCUT2D eigenvalue weighted by Gasteiger charge is -2.22. The number of nitro benzene ring substituents is 1. The van der Waals surface area contributed by atoms with Crippen molar-refractivity contribution in [3.8, 4) is 0 Å². The SMILES string of the molecule is CC1(C(N)=O)CCN(c2ccc([N+](=O)[O-])c(C(=O)O)c2)C1. The van der Waals surface area contributed by atoms with Gasteiger partial charge < -0.3 is 15.7 Å². The van der Waals surface area contributed by atoms with E-state index in [-0.39, 0.29) is 5.56 Å². The van der Waals surface area contributed by atoms with Crippen molar-refractivity contribution in [2.45, 2.75) is 13.3 Å². The first kappa shape index (κ1) is 14.8. The molecule has 0 radical (unpaired) electrons. The lowest BCUT2D eigenvalue weighted by molar-refractivity contribution is -0.385. The molecule has 0 aromatic heterocycles. The van der Waals surface area contributed by atoms with Crippen LogP contribution in [0.1, 0.15) is 23.7 Å². The second-order valence-corrected chi connectivity index (χ2v) is 5.36. The maximum absolute atomic E-state index is 11.4. The minimum Gasteiger partial charge on any atom is -0.477 e. The zero-order chi connectivity index (χ0) is 15.8. The van der Waals surface area contributed by atoms with Gasteiger partial charge in [0, 0.05) is 24.8 Å². The normalized spacial score (nSPS) is 21.3. The third-order valence-corrected chi connectivity index (χ3v) is 3.84. The van der Waals surface area contributed by atoms with Crippen LogP contribution in [0.3, 0.4) is 0 Å². The highest BCUT2D eigenvalue weighted by Gasteiger charge is 2.39. The summed E-state index contributed by atoms with van der Waals surface area (Å²) in [5.41, 5.74) is 4.39. The number of nitro groups is 1. The number of anilines is 1. The van der Waals surface area contributed by atoms with Crippen molar-refractivity contribution in [1.82, 2.24) is 0 Å². The molecule has 21 heavy (non-hydrogen) atoms. The number of hydrogen-bond acceptors (Lipinski definition) is 5. The summed E-state index contributed by atoms with van der Waals surface area (Å²) in [6.45, 7) is 2.65. The molecule has 1 fully saturated rings. The lowest BCUT2D eigenvalue weighted by Crippen LogP contribution is -2.37. The largest absolute Gasteiger partial charge is 0.477 e. The number of nitrogens with zero attached hydrogens (tertiary/aromatic N) is 2. The zero-order valence-electron chi connectivity index (χ0n) is 11.4. The summed E-state index contributed by atoms with van der Waals surface area (Å²) in [5, 5.41) is 19.9. The Balaban J connectivity index is 2.35. The smallest absolute Gasteiger partial charge is 0.342 e. The molecule has 0 spiro atoms. The predicted octanol–water partition coefficient (Wildman–Crippen LogP) is 0.995. The zero-order valence-corrected chi connectivity index (χ0v) is 11.4. The minimum atomic E-state index is -1.36. The van der Waals surface area contributed by atoms with Gasteiger partial charge in [-0.2, -0.15) is 0 Å². The first-order valence-corrected chi connectivity index (χ1v) is 6.31. The van der Waals surface area contributed by atoms with Crippen molar-refractivity contribution in [2.75, 3.05) is 18.0 Å². The molecule has 1 saturated heterocycles. The van der Waals surface area contributed by atoms with Crippen LogP contribution < -0.4 is 10.6 Å². The summed E-state index contributed by atoms with van der Waals surface area (Å²) in [5.74, 6) is -1.77. The Labute approximate surface area is 120 Å². The Bertz CT molecular complexity index is 630. The molecule has 1 unspecified atom stereocenters. The average molecular weight is 293 g/mol. The van der Waals surface area contributed by atoms with Crippen LogP contribution in [0, 0.1) is 15.5 Å². The van der Waals surface area contributed by atoms with Gasteiger partial charge in [-0.15, -0.1) is 0 Å². The number of hydrogen-bond donors (Lipinski definition) is 2. The van der Waals surface area contributed by atoms with Crippen LogP contribution >= 0.6 is 0 Å². The molecule has 8 heteroatoms. The highest BCUT2D eigenvalue weighted by atomic mass is 16.6. The quantitative estimate of drug-likeness (QED) is 0.629. The number of rotatable bonds is 4. The van der Waals surface area contributed by atoms with Crippen LogP contribution in [0.2, 0.25) is 0 Å². The van der Waals surface area contributed by atoms with Gasteiger partial charge in [0.25, 0.3) is 5.69 Å². The molecule has 3 N–H and O–H groups in total. The summed E-state index contributed by atoms with van der Waals surface area (Å²) in [6, 6.07) is 3.91. The van der Waals surface area contributed by atoms with Gasteiger partial charge in [0.1, 0.15) is 5.56 Å². The number of carbonyl (C=O) groups excluding carboxylic acids is 1. The van der Waals surface area contributed by atoms with Crippen molar-refractivity contribution >= 4 is 23.3 Å². The van der Waals surface area contributed by atoms with Gasteiger partial charge >= 0.3 is 5.97 Å². The molecule has 0 aliphatic carbocycles. The summed E-state index contributed by atoms with van der Waals surface area (Å²) in [6.07, 6.45) is 0.557. The van der Waals surface area contributed by atoms with E-state index in [4.69, 9.17) is 10.8 Å². The summed E-state index contributed by atoms with van der Waals surface area (Å²) < 4.78 is 0. The standard InChI is InChI=1S/C13H15N3O5/c1-13(12(14)19)4-5-15(7-13)8-2-3-10(16(20)21)9(6-8)11(17)18/h2-3,6H,4-5,7H2,1H3,(H2,14,19)(H,17,18). The minimum absolute atomic E-state index is 0.360.